The smallest absolute Gasteiger partial charge is 0.355 e. The van der Waals surface area contributed by atoms with Gasteiger partial charge in [-0.15, -0.1) is 11.3 Å². The molecule has 2 aliphatic rings. The first-order valence-electron chi connectivity index (χ1n) is 11.1. The van der Waals surface area contributed by atoms with Gasteiger partial charge in [0.05, 0.1) is 11.8 Å². The molecule has 2 fully saturated rings. The number of carbonyl (C=O) groups excluding carboxylic acids is 1. The number of hydrogen-bond donors (Lipinski definition) is 1. The molecule has 1 N–H and O–H groups in total. The Balaban J connectivity index is 1.22. The Kier molecular flexibility index (Phi) is 5.55. The zero-order valence-electron chi connectivity index (χ0n) is 18.3. The zero-order chi connectivity index (χ0) is 23.2. The molecule has 1 aromatic carbocycles. The lowest BCUT2D eigenvalue weighted by atomic mass is 9.60. The number of fused-ring (bicyclic) bond motifs is 1. The predicted molar refractivity (Wildman–Crippen MR) is 124 cm³/mol. The number of anilines is 2. The van der Waals surface area contributed by atoms with Gasteiger partial charge in [-0.3, -0.25) is 4.79 Å². The van der Waals surface area contributed by atoms with Crippen molar-refractivity contribution in [3.05, 3.63) is 47.1 Å². The van der Waals surface area contributed by atoms with Gasteiger partial charge in [-0.25, -0.2) is 9.97 Å². The molecule has 1 aliphatic heterocycles. The summed E-state index contributed by atoms with van der Waals surface area (Å²) in [6.07, 6.45) is 0.705. The molecule has 0 unspecified atom stereocenters. The van der Waals surface area contributed by atoms with Crippen molar-refractivity contribution in [1.29, 1.82) is 0 Å². The number of hydrogen-bond acceptors (Lipinski definition) is 5. The van der Waals surface area contributed by atoms with Crippen molar-refractivity contribution in [1.82, 2.24) is 9.97 Å². The number of benzene rings is 1. The van der Waals surface area contributed by atoms with Crippen LogP contribution >= 0.6 is 11.3 Å². The Labute approximate surface area is 194 Å². The largest absolute Gasteiger partial charge is 0.393 e. The topological polar surface area (TPSA) is 58.1 Å². The average molecular weight is 475 g/mol. The first-order valence-corrected chi connectivity index (χ1v) is 11.9. The summed E-state index contributed by atoms with van der Waals surface area (Å²) in [7, 11) is 0. The fourth-order valence-electron chi connectivity index (χ4n) is 5.45. The van der Waals surface area contributed by atoms with E-state index in [1.165, 1.54) is 18.8 Å². The van der Waals surface area contributed by atoms with Gasteiger partial charge in [-0.1, -0.05) is 12.1 Å². The highest BCUT2D eigenvalue weighted by atomic mass is 32.1. The van der Waals surface area contributed by atoms with Crippen molar-refractivity contribution >= 4 is 39.0 Å². The number of nitrogens with zero attached hydrogens (tertiary/aromatic N) is 3. The lowest BCUT2D eigenvalue weighted by Gasteiger charge is -2.45. The summed E-state index contributed by atoms with van der Waals surface area (Å²) in [5.74, 6) is 1.31. The lowest BCUT2D eigenvalue weighted by Crippen LogP contribution is -2.40. The highest BCUT2D eigenvalue weighted by Crippen LogP contribution is 2.53. The first kappa shape index (κ1) is 22.1. The summed E-state index contributed by atoms with van der Waals surface area (Å²) in [5, 5.41) is 3.52. The average Bonchev–Trinajstić information content (AvgIpc) is 3.31. The summed E-state index contributed by atoms with van der Waals surface area (Å²) in [6, 6.07) is 9.64. The Morgan fingerprint density at radius 3 is 2.70 bits per heavy atom. The molecule has 33 heavy (non-hydrogen) atoms. The fraction of sp³-hybridized carbons (Fsp3) is 0.458. The molecule has 1 saturated heterocycles. The number of halogens is 3. The van der Waals surface area contributed by atoms with E-state index in [0.717, 1.165) is 67.0 Å². The van der Waals surface area contributed by atoms with Crippen LogP contribution in [0.15, 0.2) is 36.7 Å². The quantitative estimate of drug-likeness (QED) is 0.523. The van der Waals surface area contributed by atoms with Crippen molar-refractivity contribution in [3.8, 4) is 0 Å². The molecule has 3 aromatic rings. The lowest BCUT2D eigenvalue weighted by molar-refractivity contribution is -0.126. The summed E-state index contributed by atoms with van der Waals surface area (Å²) in [5.41, 5.74) is 2.35. The minimum atomic E-state index is -4.22. The maximum absolute atomic E-state index is 12.8. The molecular formula is C24H25F3N4OS. The molecule has 0 atom stereocenters. The van der Waals surface area contributed by atoms with Crippen molar-refractivity contribution in [2.24, 2.45) is 11.3 Å². The van der Waals surface area contributed by atoms with E-state index in [2.05, 4.69) is 32.3 Å². The van der Waals surface area contributed by atoms with Crippen LogP contribution in [0.5, 0.6) is 0 Å². The number of nitrogens with one attached hydrogen (secondary N) is 1. The van der Waals surface area contributed by atoms with Gasteiger partial charge in [0.1, 0.15) is 17.0 Å². The Morgan fingerprint density at radius 2 is 2.00 bits per heavy atom. The van der Waals surface area contributed by atoms with Crippen molar-refractivity contribution < 1.29 is 18.0 Å². The van der Waals surface area contributed by atoms with Crippen LogP contribution in [0.25, 0.3) is 10.2 Å². The SMILES string of the molecule is CC(=O)Nc1ccc(CC2CC3(CCN(c4ncnc5sc(CC(F)(F)F)cc45)C3)C2)cc1. The molecule has 1 spiro atoms. The summed E-state index contributed by atoms with van der Waals surface area (Å²) < 4.78 is 38.5. The van der Waals surface area contributed by atoms with Crippen LogP contribution in [0.2, 0.25) is 0 Å². The molecular weight excluding hydrogens is 449 g/mol. The Bertz CT molecular complexity index is 1170. The van der Waals surface area contributed by atoms with Gasteiger partial charge in [0.2, 0.25) is 5.91 Å². The van der Waals surface area contributed by atoms with Gasteiger partial charge in [0.15, 0.2) is 0 Å². The molecule has 1 amide bonds. The number of thiophene rings is 1. The van der Waals surface area contributed by atoms with E-state index in [1.807, 2.05) is 12.1 Å². The highest BCUT2D eigenvalue weighted by Gasteiger charge is 2.48. The van der Waals surface area contributed by atoms with Crippen molar-refractivity contribution in [3.63, 3.8) is 0 Å². The Hall–Kier alpha value is -2.68. The molecule has 5 nitrogen and oxygen atoms in total. The van der Waals surface area contributed by atoms with Gasteiger partial charge in [0, 0.05) is 30.6 Å². The first-order chi connectivity index (χ1) is 15.7. The van der Waals surface area contributed by atoms with Crippen LogP contribution in [-0.4, -0.2) is 35.1 Å². The highest BCUT2D eigenvalue weighted by molar-refractivity contribution is 7.18. The van der Waals surface area contributed by atoms with Gasteiger partial charge in [-0.05, 0) is 60.8 Å². The second-order valence-corrected chi connectivity index (χ2v) is 10.6. The van der Waals surface area contributed by atoms with Crippen LogP contribution < -0.4 is 10.2 Å². The predicted octanol–water partition coefficient (Wildman–Crippen LogP) is 5.60. The normalized spacial score (nSPS) is 22.7. The molecule has 9 heteroatoms. The molecule has 1 aliphatic carbocycles. The van der Waals surface area contributed by atoms with E-state index < -0.39 is 12.6 Å². The molecule has 1 saturated carbocycles. The van der Waals surface area contributed by atoms with Crippen LogP contribution in [0.1, 0.15) is 36.6 Å². The third kappa shape index (κ3) is 4.83. The molecule has 174 valence electrons. The number of rotatable bonds is 5. The molecule has 2 aromatic heterocycles. The van der Waals surface area contributed by atoms with E-state index in [-0.39, 0.29) is 16.2 Å². The molecule has 3 heterocycles. The van der Waals surface area contributed by atoms with Gasteiger partial charge < -0.3 is 10.2 Å². The maximum Gasteiger partial charge on any atom is 0.393 e. The molecule has 0 bridgehead atoms. The number of aromatic nitrogens is 2. The molecule has 5 rings (SSSR count). The van der Waals surface area contributed by atoms with Crippen molar-refractivity contribution in [2.75, 3.05) is 23.3 Å². The number of amides is 1. The van der Waals surface area contributed by atoms with E-state index in [9.17, 15) is 18.0 Å². The maximum atomic E-state index is 12.8. The van der Waals surface area contributed by atoms with E-state index >= 15 is 0 Å². The minimum absolute atomic E-state index is 0.0746. The number of alkyl halides is 3. The summed E-state index contributed by atoms with van der Waals surface area (Å²) >= 11 is 1.10. The van der Waals surface area contributed by atoms with Crippen molar-refractivity contribution in [2.45, 2.75) is 45.2 Å². The standard InChI is InChI=1S/C24H25F3N4OS/c1-15(32)30-18-4-2-16(3-5-18)8-17-10-23(11-17)6-7-31(13-23)21-20-9-19(12-24(25,26)27)33-22(20)29-14-28-21/h2-5,9,14,17H,6-8,10-13H2,1H3,(H,30,32). The van der Waals surface area contributed by atoms with Crippen LogP contribution in [0.3, 0.4) is 0 Å². The second-order valence-electron chi connectivity index (χ2n) is 9.45. The van der Waals surface area contributed by atoms with Gasteiger partial charge >= 0.3 is 6.18 Å². The second kappa shape index (κ2) is 8.27. The third-order valence-electron chi connectivity index (χ3n) is 6.71. The minimum Gasteiger partial charge on any atom is -0.355 e. The van der Waals surface area contributed by atoms with Crippen LogP contribution in [0.4, 0.5) is 24.7 Å². The monoisotopic (exact) mass is 474 g/mol. The third-order valence-corrected chi connectivity index (χ3v) is 7.76. The van der Waals surface area contributed by atoms with Crippen LogP contribution in [0, 0.1) is 11.3 Å². The number of carbonyl (C=O) groups is 1. The fourth-order valence-corrected chi connectivity index (χ4v) is 6.47. The van der Waals surface area contributed by atoms with Crippen LogP contribution in [-0.2, 0) is 17.6 Å². The van der Waals surface area contributed by atoms with E-state index in [1.54, 1.807) is 6.07 Å². The van der Waals surface area contributed by atoms with Gasteiger partial charge in [0.25, 0.3) is 0 Å². The van der Waals surface area contributed by atoms with E-state index in [0.29, 0.717) is 10.7 Å². The summed E-state index contributed by atoms with van der Waals surface area (Å²) in [6.45, 7) is 3.26. The van der Waals surface area contributed by atoms with Gasteiger partial charge in [-0.2, -0.15) is 13.2 Å². The molecule has 0 radical (unpaired) electrons. The van der Waals surface area contributed by atoms with E-state index in [4.69, 9.17) is 0 Å². The summed E-state index contributed by atoms with van der Waals surface area (Å²) in [4.78, 5) is 22.9. The Morgan fingerprint density at radius 1 is 1.24 bits per heavy atom. The zero-order valence-corrected chi connectivity index (χ0v) is 19.1.